The van der Waals surface area contributed by atoms with E-state index in [0.29, 0.717) is 45.5 Å². The fourth-order valence-corrected chi connectivity index (χ4v) is 3.56. The molecule has 0 aromatic heterocycles. The van der Waals surface area contributed by atoms with Gasteiger partial charge >= 0.3 is 0 Å². The first-order valence-electron chi connectivity index (χ1n) is 9.81. The van der Waals surface area contributed by atoms with E-state index >= 15 is 0 Å². The molecule has 0 atom stereocenters. The van der Waals surface area contributed by atoms with Gasteiger partial charge in [0.15, 0.2) is 11.5 Å². The first kappa shape index (κ1) is 23.6. The van der Waals surface area contributed by atoms with Gasteiger partial charge in [-0.15, -0.1) is 0 Å². The van der Waals surface area contributed by atoms with Crippen molar-refractivity contribution in [2.75, 3.05) is 13.7 Å². The molecule has 1 amide bonds. The largest absolute Gasteiger partial charge is 0.496 e. The van der Waals surface area contributed by atoms with Gasteiger partial charge in [0.05, 0.1) is 30.0 Å². The molecule has 0 aliphatic heterocycles. The van der Waals surface area contributed by atoms with E-state index in [4.69, 9.17) is 25.8 Å². The molecule has 0 aliphatic carbocycles. The number of hydrogen-bond acceptors (Lipinski definition) is 5. The van der Waals surface area contributed by atoms with Crippen LogP contribution in [0.15, 0.2) is 70.2 Å². The van der Waals surface area contributed by atoms with Crippen LogP contribution in [0.2, 0.25) is 5.02 Å². The highest BCUT2D eigenvalue weighted by Gasteiger charge is 2.13. The lowest BCUT2D eigenvalue weighted by atomic mass is 10.2. The highest BCUT2D eigenvalue weighted by atomic mass is 79.9. The van der Waals surface area contributed by atoms with Gasteiger partial charge in [-0.2, -0.15) is 5.10 Å². The summed E-state index contributed by atoms with van der Waals surface area (Å²) in [5, 5.41) is 4.73. The molecule has 6 nitrogen and oxygen atoms in total. The van der Waals surface area contributed by atoms with E-state index in [1.54, 1.807) is 30.3 Å². The van der Waals surface area contributed by atoms with Gasteiger partial charge in [-0.25, -0.2) is 5.43 Å². The molecule has 0 unspecified atom stereocenters. The number of para-hydroxylation sites is 1. The number of amides is 1. The van der Waals surface area contributed by atoms with Gasteiger partial charge in [-0.05, 0) is 70.4 Å². The zero-order valence-electron chi connectivity index (χ0n) is 17.6. The molecule has 0 fully saturated rings. The zero-order valence-corrected chi connectivity index (χ0v) is 19.9. The van der Waals surface area contributed by atoms with E-state index in [1.807, 2.05) is 37.3 Å². The van der Waals surface area contributed by atoms with Crippen molar-refractivity contribution in [3.8, 4) is 17.2 Å². The van der Waals surface area contributed by atoms with Crippen LogP contribution in [0.3, 0.4) is 0 Å². The summed E-state index contributed by atoms with van der Waals surface area (Å²) in [6.07, 6.45) is 1.53. The number of nitrogens with zero attached hydrogens (tertiary/aromatic N) is 1. The zero-order chi connectivity index (χ0) is 22.9. The Morgan fingerprint density at radius 1 is 1.09 bits per heavy atom. The molecule has 0 aliphatic rings. The van der Waals surface area contributed by atoms with Gasteiger partial charge in [0, 0.05) is 5.02 Å². The van der Waals surface area contributed by atoms with Crippen LogP contribution in [0, 0.1) is 0 Å². The van der Waals surface area contributed by atoms with Crippen molar-refractivity contribution in [3.63, 3.8) is 0 Å². The standard InChI is InChI=1S/C24H22BrClN2O4/c1-3-31-22-13-17(14-27-28-24(29)19-6-4-5-7-21(19)30-2)12-20(25)23(22)32-15-16-8-10-18(26)11-9-16/h4-14H,3,15H2,1-2H3,(H,28,29)/b27-14-. The van der Waals surface area contributed by atoms with Gasteiger partial charge < -0.3 is 14.2 Å². The van der Waals surface area contributed by atoms with Crippen LogP contribution in [0.25, 0.3) is 0 Å². The van der Waals surface area contributed by atoms with E-state index in [-0.39, 0.29) is 5.91 Å². The molecule has 3 aromatic rings. The maximum absolute atomic E-state index is 12.4. The Labute approximate surface area is 200 Å². The van der Waals surface area contributed by atoms with Crippen LogP contribution in [0.1, 0.15) is 28.4 Å². The predicted octanol–water partition coefficient (Wildman–Crippen LogP) is 5.85. The fourth-order valence-electron chi connectivity index (χ4n) is 2.86. The lowest BCUT2D eigenvalue weighted by Gasteiger charge is -2.14. The number of halogens is 2. The maximum atomic E-state index is 12.4. The molecule has 0 radical (unpaired) electrons. The average Bonchev–Trinajstić information content (AvgIpc) is 2.79. The molecule has 1 N–H and O–H groups in total. The highest BCUT2D eigenvalue weighted by Crippen LogP contribution is 2.37. The molecular weight excluding hydrogens is 496 g/mol. The third-order valence-corrected chi connectivity index (χ3v) is 5.20. The number of benzene rings is 3. The number of rotatable bonds is 9. The Kier molecular flexibility index (Phi) is 8.53. The van der Waals surface area contributed by atoms with Crippen LogP contribution in [0.5, 0.6) is 17.2 Å². The number of hydrogen-bond donors (Lipinski definition) is 1. The minimum absolute atomic E-state index is 0.359. The Bertz CT molecular complexity index is 1100. The van der Waals surface area contributed by atoms with Crippen molar-refractivity contribution >= 4 is 39.7 Å². The van der Waals surface area contributed by atoms with Crippen molar-refractivity contribution in [2.45, 2.75) is 13.5 Å². The first-order chi connectivity index (χ1) is 15.5. The molecule has 0 bridgehead atoms. The SMILES string of the molecule is CCOc1cc(/C=N\NC(=O)c2ccccc2OC)cc(Br)c1OCc1ccc(Cl)cc1. The summed E-state index contributed by atoms with van der Waals surface area (Å²) >= 11 is 9.47. The Morgan fingerprint density at radius 3 is 2.56 bits per heavy atom. The summed E-state index contributed by atoms with van der Waals surface area (Å²) in [6.45, 7) is 2.72. The Morgan fingerprint density at radius 2 is 1.84 bits per heavy atom. The van der Waals surface area contributed by atoms with Gasteiger partial charge in [-0.1, -0.05) is 35.9 Å². The molecule has 0 saturated heterocycles. The molecule has 8 heteroatoms. The molecule has 0 heterocycles. The van der Waals surface area contributed by atoms with Crippen molar-refractivity contribution in [1.29, 1.82) is 0 Å². The smallest absolute Gasteiger partial charge is 0.275 e. The molecule has 166 valence electrons. The van der Waals surface area contributed by atoms with Crippen LogP contribution in [-0.4, -0.2) is 25.8 Å². The lowest BCUT2D eigenvalue weighted by Crippen LogP contribution is -2.18. The topological polar surface area (TPSA) is 69.2 Å². The molecule has 3 rings (SSSR count). The normalized spacial score (nSPS) is 10.8. The van der Waals surface area contributed by atoms with E-state index < -0.39 is 0 Å². The minimum Gasteiger partial charge on any atom is -0.496 e. The molecule has 3 aromatic carbocycles. The van der Waals surface area contributed by atoms with Crippen LogP contribution < -0.4 is 19.6 Å². The van der Waals surface area contributed by atoms with Gasteiger partial charge in [-0.3, -0.25) is 4.79 Å². The van der Waals surface area contributed by atoms with Gasteiger partial charge in [0.1, 0.15) is 12.4 Å². The number of ether oxygens (including phenoxy) is 3. The Balaban J connectivity index is 1.73. The molecule has 0 spiro atoms. The number of nitrogens with one attached hydrogen (secondary N) is 1. The summed E-state index contributed by atoms with van der Waals surface area (Å²) in [7, 11) is 1.51. The third kappa shape index (κ3) is 6.24. The summed E-state index contributed by atoms with van der Waals surface area (Å²) < 4.78 is 17.6. The van der Waals surface area contributed by atoms with E-state index in [9.17, 15) is 4.79 Å². The maximum Gasteiger partial charge on any atom is 0.275 e. The van der Waals surface area contributed by atoms with E-state index in [2.05, 4.69) is 26.5 Å². The molecule has 32 heavy (non-hydrogen) atoms. The van der Waals surface area contributed by atoms with Gasteiger partial charge in [0.2, 0.25) is 0 Å². The van der Waals surface area contributed by atoms with Crippen molar-refractivity contribution in [1.82, 2.24) is 5.43 Å². The summed E-state index contributed by atoms with van der Waals surface area (Å²) in [5.74, 6) is 1.25. The molecule has 0 saturated carbocycles. The quantitative estimate of drug-likeness (QED) is 0.285. The van der Waals surface area contributed by atoms with Crippen LogP contribution >= 0.6 is 27.5 Å². The lowest BCUT2D eigenvalue weighted by molar-refractivity contribution is 0.0952. The van der Waals surface area contributed by atoms with Crippen molar-refractivity contribution in [3.05, 3.63) is 86.8 Å². The fraction of sp³-hybridized carbons (Fsp3) is 0.167. The summed E-state index contributed by atoms with van der Waals surface area (Å²) in [5.41, 5.74) is 4.61. The van der Waals surface area contributed by atoms with E-state index in [0.717, 1.165) is 11.1 Å². The van der Waals surface area contributed by atoms with Crippen LogP contribution in [0.4, 0.5) is 0 Å². The monoisotopic (exact) mass is 516 g/mol. The number of hydrazone groups is 1. The first-order valence-corrected chi connectivity index (χ1v) is 11.0. The average molecular weight is 518 g/mol. The number of carbonyl (C=O) groups excluding carboxylic acids is 1. The predicted molar refractivity (Wildman–Crippen MR) is 129 cm³/mol. The third-order valence-electron chi connectivity index (χ3n) is 4.36. The van der Waals surface area contributed by atoms with Gasteiger partial charge in [0.25, 0.3) is 5.91 Å². The second-order valence-electron chi connectivity index (χ2n) is 6.58. The summed E-state index contributed by atoms with van der Waals surface area (Å²) in [4.78, 5) is 12.4. The second-order valence-corrected chi connectivity index (χ2v) is 7.87. The highest BCUT2D eigenvalue weighted by molar-refractivity contribution is 9.10. The minimum atomic E-state index is -0.370. The number of methoxy groups -OCH3 is 1. The Hall–Kier alpha value is -3.03. The number of carbonyl (C=O) groups is 1. The van der Waals surface area contributed by atoms with Crippen molar-refractivity contribution < 1.29 is 19.0 Å². The van der Waals surface area contributed by atoms with Crippen molar-refractivity contribution in [2.24, 2.45) is 5.10 Å². The second kappa shape index (κ2) is 11.5. The summed E-state index contributed by atoms with van der Waals surface area (Å²) in [6, 6.07) is 18.0. The molecular formula is C24H22BrClN2O4. The van der Waals surface area contributed by atoms with Crippen LogP contribution in [-0.2, 0) is 6.61 Å². The van der Waals surface area contributed by atoms with E-state index in [1.165, 1.54) is 13.3 Å².